The highest BCUT2D eigenvalue weighted by Crippen LogP contribution is 2.33. The van der Waals surface area contributed by atoms with Gasteiger partial charge in [0.15, 0.2) is 0 Å². The molecule has 15 heavy (non-hydrogen) atoms. The molecule has 0 aromatic heterocycles. The van der Waals surface area contributed by atoms with Crippen molar-refractivity contribution in [1.82, 2.24) is 0 Å². The maximum Gasteiger partial charge on any atom is 0.110 e. The van der Waals surface area contributed by atoms with Crippen molar-refractivity contribution in [2.24, 2.45) is 5.92 Å². The summed E-state index contributed by atoms with van der Waals surface area (Å²) in [6, 6.07) is 0. The summed E-state index contributed by atoms with van der Waals surface area (Å²) in [6.45, 7) is 1.93. The Kier molecular flexibility index (Phi) is 3.97. The van der Waals surface area contributed by atoms with E-state index in [9.17, 15) is 5.11 Å². The van der Waals surface area contributed by atoms with Crippen molar-refractivity contribution in [1.29, 1.82) is 0 Å². The molecule has 0 amide bonds. The Bertz CT molecular complexity index is 193. The Morgan fingerprint density at radius 1 is 1.20 bits per heavy atom. The van der Waals surface area contributed by atoms with Crippen LogP contribution >= 0.6 is 0 Å². The first-order chi connectivity index (χ1) is 7.31. The third-order valence-corrected chi connectivity index (χ3v) is 3.06. The van der Waals surface area contributed by atoms with E-state index >= 15 is 0 Å². The van der Waals surface area contributed by atoms with Crippen LogP contribution in [0.1, 0.15) is 19.3 Å². The van der Waals surface area contributed by atoms with Crippen LogP contribution in [0.2, 0.25) is 0 Å². The van der Waals surface area contributed by atoms with Crippen LogP contribution in [0.25, 0.3) is 0 Å². The number of rotatable bonds is 7. The molecule has 2 rings (SSSR count). The van der Waals surface area contributed by atoms with Crippen LogP contribution in [-0.4, -0.2) is 50.3 Å². The summed E-state index contributed by atoms with van der Waals surface area (Å²) < 4.78 is 16.1. The lowest BCUT2D eigenvalue weighted by atomic mass is 9.88. The van der Waals surface area contributed by atoms with Gasteiger partial charge in [-0.25, -0.2) is 0 Å². The minimum atomic E-state index is -0.356. The first kappa shape index (κ1) is 11.3. The number of hydrogen-bond donors (Lipinski definition) is 1. The second-order valence-electron chi connectivity index (χ2n) is 4.45. The number of ether oxygens (including phenoxy) is 3. The molecule has 4 nitrogen and oxygen atoms in total. The maximum atomic E-state index is 9.51. The van der Waals surface area contributed by atoms with E-state index in [1.807, 2.05) is 0 Å². The number of hydrogen-bond acceptors (Lipinski definition) is 4. The van der Waals surface area contributed by atoms with Gasteiger partial charge < -0.3 is 19.3 Å². The van der Waals surface area contributed by atoms with E-state index in [-0.39, 0.29) is 18.3 Å². The lowest BCUT2D eigenvalue weighted by Crippen LogP contribution is -2.54. The summed E-state index contributed by atoms with van der Waals surface area (Å²) in [5.41, 5.74) is 0. The highest BCUT2D eigenvalue weighted by Gasteiger charge is 2.42. The van der Waals surface area contributed by atoms with Gasteiger partial charge in [-0.15, -0.1) is 0 Å². The Hall–Kier alpha value is -0.160. The van der Waals surface area contributed by atoms with Crippen molar-refractivity contribution in [2.75, 3.05) is 26.9 Å². The van der Waals surface area contributed by atoms with E-state index in [4.69, 9.17) is 14.2 Å². The van der Waals surface area contributed by atoms with Crippen molar-refractivity contribution in [2.45, 2.75) is 37.6 Å². The number of aliphatic hydroxyl groups excluding tert-OH is 1. The lowest BCUT2D eigenvalue weighted by Gasteiger charge is -2.40. The Labute approximate surface area is 90.5 Å². The second kappa shape index (κ2) is 5.25. The van der Waals surface area contributed by atoms with Crippen molar-refractivity contribution in [3.63, 3.8) is 0 Å². The molecular formula is C11H20O4. The standard InChI is InChI=1S/C11H20O4/c1-13-4-5-14-11-9(12)6-10(11)15-7-8-2-3-8/h8-12H,2-7H2,1H3. The SMILES string of the molecule is COCCOC1C(O)CC1OCC1CC1. The summed E-state index contributed by atoms with van der Waals surface area (Å²) in [4.78, 5) is 0. The Balaban J connectivity index is 1.61. The van der Waals surface area contributed by atoms with Gasteiger partial charge in [-0.3, -0.25) is 0 Å². The second-order valence-corrected chi connectivity index (χ2v) is 4.45. The van der Waals surface area contributed by atoms with Crippen LogP contribution in [-0.2, 0) is 14.2 Å². The van der Waals surface area contributed by atoms with E-state index in [1.165, 1.54) is 12.8 Å². The van der Waals surface area contributed by atoms with Crippen molar-refractivity contribution < 1.29 is 19.3 Å². The molecule has 0 aliphatic heterocycles. The van der Waals surface area contributed by atoms with Crippen LogP contribution in [0.3, 0.4) is 0 Å². The van der Waals surface area contributed by atoms with Crippen LogP contribution in [0.15, 0.2) is 0 Å². The third-order valence-electron chi connectivity index (χ3n) is 3.06. The third kappa shape index (κ3) is 3.14. The molecule has 1 N–H and O–H groups in total. The Morgan fingerprint density at radius 3 is 2.60 bits per heavy atom. The van der Waals surface area contributed by atoms with Gasteiger partial charge in [0.1, 0.15) is 6.10 Å². The van der Waals surface area contributed by atoms with E-state index in [0.717, 1.165) is 12.5 Å². The van der Waals surface area contributed by atoms with Gasteiger partial charge in [0, 0.05) is 20.1 Å². The molecule has 2 aliphatic carbocycles. The average molecular weight is 216 g/mol. The smallest absolute Gasteiger partial charge is 0.110 e. The fourth-order valence-electron chi connectivity index (χ4n) is 1.75. The molecule has 0 aromatic rings. The molecule has 2 fully saturated rings. The minimum absolute atomic E-state index is 0.0949. The number of aliphatic hydroxyl groups is 1. The molecule has 0 radical (unpaired) electrons. The molecule has 4 heteroatoms. The lowest BCUT2D eigenvalue weighted by molar-refractivity contribution is -0.196. The highest BCUT2D eigenvalue weighted by atomic mass is 16.6. The summed E-state index contributed by atoms with van der Waals surface area (Å²) in [5, 5.41) is 9.51. The van der Waals surface area contributed by atoms with Gasteiger partial charge in [0.2, 0.25) is 0 Å². The molecule has 0 heterocycles. The molecule has 0 aromatic carbocycles. The van der Waals surface area contributed by atoms with E-state index in [0.29, 0.717) is 19.6 Å². The predicted octanol–water partition coefficient (Wildman–Crippen LogP) is 0.578. The zero-order valence-corrected chi connectivity index (χ0v) is 9.22. The van der Waals surface area contributed by atoms with Gasteiger partial charge in [0.05, 0.1) is 25.4 Å². The number of methoxy groups -OCH3 is 1. The molecule has 3 atom stereocenters. The topological polar surface area (TPSA) is 47.9 Å². The molecule has 0 spiro atoms. The van der Waals surface area contributed by atoms with E-state index < -0.39 is 0 Å². The highest BCUT2D eigenvalue weighted by molar-refractivity contribution is 4.92. The van der Waals surface area contributed by atoms with Gasteiger partial charge in [-0.2, -0.15) is 0 Å². The van der Waals surface area contributed by atoms with Crippen molar-refractivity contribution >= 4 is 0 Å². The molecule has 2 saturated carbocycles. The largest absolute Gasteiger partial charge is 0.390 e. The van der Waals surface area contributed by atoms with E-state index in [2.05, 4.69) is 0 Å². The zero-order chi connectivity index (χ0) is 10.7. The monoisotopic (exact) mass is 216 g/mol. The fourth-order valence-corrected chi connectivity index (χ4v) is 1.75. The first-order valence-electron chi connectivity index (χ1n) is 5.71. The minimum Gasteiger partial charge on any atom is -0.390 e. The normalized spacial score (nSPS) is 35.2. The van der Waals surface area contributed by atoms with Gasteiger partial charge in [-0.1, -0.05) is 0 Å². The van der Waals surface area contributed by atoms with E-state index in [1.54, 1.807) is 7.11 Å². The first-order valence-corrected chi connectivity index (χ1v) is 5.71. The maximum absolute atomic E-state index is 9.51. The molecule has 2 aliphatic rings. The summed E-state index contributed by atoms with van der Waals surface area (Å²) in [7, 11) is 1.64. The fraction of sp³-hybridized carbons (Fsp3) is 1.00. The molecular weight excluding hydrogens is 196 g/mol. The zero-order valence-electron chi connectivity index (χ0n) is 9.22. The van der Waals surface area contributed by atoms with Crippen LogP contribution in [0.5, 0.6) is 0 Å². The van der Waals surface area contributed by atoms with Crippen LogP contribution in [0, 0.1) is 5.92 Å². The molecule has 3 unspecified atom stereocenters. The molecule has 88 valence electrons. The predicted molar refractivity (Wildman–Crippen MR) is 54.7 cm³/mol. The quantitative estimate of drug-likeness (QED) is 0.632. The molecule has 0 saturated heterocycles. The van der Waals surface area contributed by atoms with Crippen LogP contribution < -0.4 is 0 Å². The van der Waals surface area contributed by atoms with Gasteiger partial charge >= 0.3 is 0 Å². The summed E-state index contributed by atoms with van der Waals surface area (Å²) in [5.74, 6) is 0.766. The van der Waals surface area contributed by atoms with Crippen LogP contribution in [0.4, 0.5) is 0 Å². The average Bonchev–Trinajstić information content (AvgIpc) is 3.02. The van der Waals surface area contributed by atoms with Gasteiger partial charge in [-0.05, 0) is 18.8 Å². The van der Waals surface area contributed by atoms with Crippen molar-refractivity contribution in [3.8, 4) is 0 Å². The van der Waals surface area contributed by atoms with Crippen molar-refractivity contribution in [3.05, 3.63) is 0 Å². The Morgan fingerprint density at radius 2 is 2.00 bits per heavy atom. The summed E-state index contributed by atoms with van der Waals surface area (Å²) >= 11 is 0. The molecule has 0 bridgehead atoms. The summed E-state index contributed by atoms with van der Waals surface area (Å²) in [6.07, 6.45) is 2.90. The van der Waals surface area contributed by atoms with Gasteiger partial charge in [0.25, 0.3) is 0 Å².